The van der Waals surface area contributed by atoms with Gasteiger partial charge in [-0.15, -0.1) is 16.4 Å². The number of hydrogen-bond acceptors (Lipinski definition) is 5. The number of carbonyl (C=O) groups excluding carboxylic acids is 2. The lowest BCUT2D eigenvalue weighted by atomic mass is 10.2. The molecule has 9 heteroatoms. The van der Waals surface area contributed by atoms with Gasteiger partial charge < -0.3 is 10.6 Å². The second kappa shape index (κ2) is 8.19. The Balaban J connectivity index is 1.38. The predicted octanol–water partition coefficient (Wildman–Crippen LogP) is 2.89. The average Bonchev–Trinajstić information content (AvgIpc) is 3.30. The van der Waals surface area contributed by atoms with E-state index >= 15 is 0 Å². The van der Waals surface area contributed by atoms with Crippen molar-refractivity contribution < 1.29 is 14.0 Å². The van der Waals surface area contributed by atoms with E-state index in [1.807, 2.05) is 11.4 Å². The van der Waals surface area contributed by atoms with Gasteiger partial charge in [-0.25, -0.2) is 8.91 Å². The van der Waals surface area contributed by atoms with Gasteiger partial charge >= 0.3 is 11.8 Å². The molecular formula is C20H16FN5O2S. The number of amides is 2. The first kappa shape index (κ1) is 18.8. The van der Waals surface area contributed by atoms with Crippen LogP contribution in [0, 0.1) is 5.82 Å². The Hall–Kier alpha value is -3.59. The Morgan fingerprint density at radius 3 is 2.59 bits per heavy atom. The number of nitrogens with zero attached hydrogens (tertiary/aromatic N) is 3. The smallest absolute Gasteiger partial charge is 0.313 e. The highest BCUT2D eigenvalue weighted by Gasteiger charge is 2.16. The van der Waals surface area contributed by atoms with Gasteiger partial charge in [0.2, 0.25) is 4.96 Å². The van der Waals surface area contributed by atoms with Crippen LogP contribution in [0.4, 0.5) is 10.1 Å². The molecule has 2 aromatic heterocycles. The fraction of sp³-hybridized carbons (Fsp3) is 0.100. The molecule has 0 fully saturated rings. The van der Waals surface area contributed by atoms with Crippen LogP contribution in [0.15, 0.2) is 60.0 Å². The summed E-state index contributed by atoms with van der Waals surface area (Å²) in [7, 11) is 0. The molecule has 0 bridgehead atoms. The lowest BCUT2D eigenvalue weighted by Gasteiger charge is -2.06. The van der Waals surface area contributed by atoms with E-state index in [4.69, 9.17) is 0 Å². The number of thiazole rings is 1. The van der Waals surface area contributed by atoms with E-state index in [1.54, 1.807) is 47.0 Å². The van der Waals surface area contributed by atoms with Crippen molar-refractivity contribution in [3.05, 3.63) is 71.5 Å². The van der Waals surface area contributed by atoms with Gasteiger partial charge in [-0.3, -0.25) is 9.59 Å². The summed E-state index contributed by atoms with van der Waals surface area (Å²) in [4.78, 5) is 28.9. The van der Waals surface area contributed by atoms with E-state index in [0.29, 0.717) is 28.5 Å². The number of fused-ring (bicyclic) bond motifs is 1. The Bertz CT molecular complexity index is 1170. The fourth-order valence-corrected chi connectivity index (χ4v) is 3.60. The largest absolute Gasteiger partial charge is 0.347 e. The van der Waals surface area contributed by atoms with Gasteiger partial charge in [0.05, 0.1) is 11.3 Å². The Morgan fingerprint density at radius 1 is 1.03 bits per heavy atom. The number of halogens is 1. The number of anilines is 1. The molecule has 146 valence electrons. The van der Waals surface area contributed by atoms with Gasteiger partial charge in [0.1, 0.15) is 5.82 Å². The minimum Gasteiger partial charge on any atom is -0.347 e. The van der Waals surface area contributed by atoms with Crippen molar-refractivity contribution in [3.8, 4) is 11.4 Å². The van der Waals surface area contributed by atoms with E-state index < -0.39 is 11.8 Å². The minimum atomic E-state index is -0.728. The van der Waals surface area contributed by atoms with E-state index in [-0.39, 0.29) is 12.4 Å². The van der Waals surface area contributed by atoms with Crippen molar-refractivity contribution in [1.82, 2.24) is 19.9 Å². The van der Waals surface area contributed by atoms with E-state index in [9.17, 15) is 14.0 Å². The molecule has 0 saturated carbocycles. The molecular weight excluding hydrogens is 393 g/mol. The van der Waals surface area contributed by atoms with E-state index in [2.05, 4.69) is 20.7 Å². The lowest BCUT2D eigenvalue weighted by molar-refractivity contribution is -0.136. The highest BCUT2D eigenvalue weighted by atomic mass is 32.1. The average molecular weight is 409 g/mol. The maximum atomic E-state index is 14.0. The molecule has 0 saturated heterocycles. The Morgan fingerprint density at radius 2 is 1.79 bits per heavy atom. The third kappa shape index (κ3) is 4.14. The SMILES string of the molecule is O=C(NCCc1csc2nc(-c3ccccc3F)nn12)C(=O)Nc1ccccc1. The molecule has 2 amide bonds. The van der Waals surface area contributed by atoms with Gasteiger partial charge in [0.25, 0.3) is 0 Å². The standard InChI is InChI=1S/C20H16FN5O2S/c21-16-9-5-4-8-15(16)17-24-20-26(25-17)14(12-29-20)10-11-22-18(27)19(28)23-13-6-2-1-3-7-13/h1-9,12H,10-11H2,(H,22,27)(H,23,28). The second-order valence-corrected chi connectivity index (χ2v) is 7.00. The Kier molecular flexibility index (Phi) is 5.30. The van der Waals surface area contributed by atoms with Crippen LogP contribution in [0.3, 0.4) is 0 Å². The maximum Gasteiger partial charge on any atom is 0.313 e. The van der Waals surface area contributed by atoms with Gasteiger partial charge in [-0.05, 0) is 24.3 Å². The molecule has 0 radical (unpaired) electrons. The number of rotatable bonds is 5. The normalized spacial score (nSPS) is 10.8. The zero-order valence-electron chi connectivity index (χ0n) is 15.1. The number of hydrogen-bond donors (Lipinski definition) is 2. The van der Waals surface area contributed by atoms with Crippen molar-refractivity contribution >= 4 is 33.8 Å². The van der Waals surface area contributed by atoms with Crippen LogP contribution in [-0.2, 0) is 16.0 Å². The summed E-state index contributed by atoms with van der Waals surface area (Å²) in [5.41, 5.74) is 1.69. The summed E-state index contributed by atoms with van der Waals surface area (Å²) in [6, 6.07) is 15.1. The molecule has 2 aromatic carbocycles. The molecule has 0 spiro atoms. The van der Waals surface area contributed by atoms with Crippen molar-refractivity contribution in [2.75, 3.05) is 11.9 Å². The monoisotopic (exact) mass is 409 g/mol. The van der Waals surface area contributed by atoms with Crippen LogP contribution in [-0.4, -0.2) is 33.0 Å². The number of nitrogens with one attached hydrogen (secondary N) is 2. The van der Waals surface area contributed by atoms with Crippen molar-refractivity contribution in [2.24, 2.45) is 0 Å². The van der Waals surface area contributed by atoms with Crippen LogP contribution in [0.5, 0.6) is 0 Å². The predicted molar refractivity (Wildman–Crippen MR) is 108 cm³/mol. The number of aromatic nitrogens is 3. The maximum absolute atomic E-state index is 14.0. The molecule has 0 aliphatic heterocycles. The van der Waals surface area contributed by atoms with Crippen LogP contribution in [0.1, 0.15) is 5.69 Å². The number of carbonyl (C=O) groups is 2. The summed E-state index contributed by atoms with van der Waals surface area (Å²) in [5.74, 6) is -1.52. The molecule has 4 rings (SSSR count). The molecule has 0 atom stereocenters. The number of para-hydroxylation sites is 1. The zero-order valence-corrected chi connectivity index (χ0v) is 15.9. The molecule has 0 unspecified atom stereocenters. The summed E-state index contributed by atoms with van der Waals surface area (Å²) in [6.07, 6.45) is 0.449. The molecule has 0 aliphatic rings. The molecule has 4 aromatic rings. The molecule has 7 nitrogen and oxygen atoms in total. The summed E-state index contributed by atoms with van der Waals surface area (Å²) in [5, 5.41) is 11.4. The number of benzene rings is 2. The topological polar surface area (TPSA) is 88.4 Å². The van der Waals surface area contributed by atoms with Crippen LogP contribution >= 0.6 is 11.3 Å². The van der Waals surface area contributed by atoms with Gasteiger partial charge in [0, 0.05) is 24.0 Å². The van der Waals surface area contributed by atoms with E-state index in [0.717, 1.165) is 5.69 Å². The van der Waals surface area contributed by atoms with Gasteiger partial charge in [0.15, 0.2) is 5.82 Å². The van der Waals surface area contributed by atoms with Crippen LogP contribution < -0.4 is 10.6 Å². The lowest BCUT2D eigenvalue weighted by Crippen LogP contribution is -2.36. The van der Waals surface area contributed by atoms with Crippen molar-refractivity contribution in [1.29, 1.82) is 0 Å². The first-order chi connectivity index (χ1) is 14.1. The molecule has 2 heterocycles. The second-order valence-electron chi connectivity index (χ2n) is 6.16. The van der Waals surface area contributed by atoms with Crippen LogP contribution in [0.2, 0.25) is 0 Å². The minimum absolute atomic E-state index is 0.252. The first-order valence-corrected chi connectivity index (χ1v) is 9.72. The summed E-state index contributed by atoms with van der Waals surface area (Å²) in [6.45, 7) is 0.252. The molecule has 0 aliphatic carbocycles. The van der Waals surface area contributed by atoms with Gasteiger partial charge in [-0.2, -0.15) is 4.98 Å². The quantitative estimate of drug-likeness (QED) is 0.496. The van der Waals surface area contributed by atoms with Crippen LogP contribution in [0.25, 0.3) is 16.3 Å². The highest BCUT2D eigenvalue weighted by molar-refractivity contribution is 7.15. The molecule has 2 N–H and O–H groups in total. The summed E-state index contributed by atoms with van der Waals surface area (Å²) < 4.78 is 15.6. The fourth-order valence-electron chi connectivity index (χ4n) is 2.75. The van der Waals surface area contributed by atoms with Gasteiger partial charge in [-0.1, -0.05) is 30.3 Å². The first-order valence-electron chi connectivity index (χ1n) is 8.84. The summed E-state index contributed by atoms with van der Waals surface area (Å²) >= 11 is 1.38. The third-order valence-electron chi connectivity index (χ3n) is 4.17. The third-order valence-corrected chi connectivity index (χ3v) is 5.03. The van der Waals surface area contributed by atoms with E-state index in [1.165, 1.54) is 17.4 Å². The molecule has 29 heavy (non-hydrogen) atoms. The van der Waals surface area contributed by atoms with Crippen molar-refractivity contribution in [3.63, 3.8) is 0 Å². The highest BCUT2D eigenvalue weighted by Crippen LogP contribution is 2.23. The van der Waals surface area contributed by atoms with Crippen molar-refractivity contribution in [2.45, 2.75) is 6.42 Å². The Labute approximate surface area is 169 Å². The zero-order chi connectivity index (χ0) is 20.2.